The average Bonchev–Trinajstić information content (AvgIpc) is 3.33. The van der Waals surface area contributed by atoms with Gasteiger partial charge in [0, 0.05) is 12.8 Å². The number of rotatable bonds is 56. The van der Waals surface area contributed by atoms with Gasteiger partial charge in [0.15, 0.2) is 0 Å². The first-order valence-electron chi connectivity index (χ1n) is 30.1. The molecule has 2 unspecified atom stereocenters. The first kappa shape index (κ1) is 65.3. The SMILES string of the molecule is CCCCCCC/C=C\CCCCCCCC(=O)OCCCCCCCCCCCC/C=C\CCCCCCCCCC(=O)NC(CO)C(O)CCCCCCCCCCCCCCCCC. The van der Waals surface area contributed by atoms with Crippen molar-refractivity contribution in [3.05, 3.63) is 24.3 Å². The van der Waals surface area contributed by atoms with E-state index in [-0.39, 0.29) is 18.5 Å². The van der Waals surface area contributed by atoms with Crippen molar-refractivity contribution in [1.29, 1.82) is 0 Å². The maximum absolute atomic E-state index is 12.5. The molecule has 0 aromatic carbocycles. The van der Waals surface area contributed by atoms with Gasteiger partial charge in [-0.1, -0.05) is 263 Å². The van der Waals surface area contributed by atoms with E-state index in [4.69, 9.17) is 4.74 Å². The minimum Gasteiger partial charge on any atom is -0.466 e. The number of allylic oxidation sites excluding steroid dienone is 4. The van der Waals surface area contributed by atoms with Crippen molar-refractivity contribution in [2.24, 2.45) is 0 Å². The number of amides is 1. The predicted molar refractivity (Wildman–Crippen MR) is 292 cm³/mol. The van der Waals surface area contributed by atoms with Crippen LogP contribution < -0.4 is 5.32 Å². The van der Waals surface area contributed by atoms with Crippen molar-refractivity contribution in [1.82, 2.24) is 5.32 Å². The van der Waals surface area contributed by atoms with Gasteiger partial charge < -0.3 is 20.3 Å². The van der Waals surface area contributed by atoms with E-state index in [9.17, 15) is 19.8 Å². The van der Waals surface area contributed by atoms with Gasteiger partial charge in [0.2, 0.25) is 5.91 Å². The summed E-state index contributed by atoms with van der Waals surface area (Å²) in [6.45, 7) is 4.95. The van der Waals surface area contributed by atoms with Gasteiger partial charge in [0.25, 0.3) is 0 Å². The predicted octanol–water partition coefficient (Wildman–Crippen LogP) is 18.6. The standard InChI is InChI=1S/C61H117NO5/c1-3-5-7-9-11-13-15-17-26-29-33-37-41-45-49-53-59(64)58(57-63)62-60(65)54-50-46-42-38-34-30-27-24-22-20-19-21-23-25-28-32-36-40-44-48-52-56-67-61(66)55-51-47-43-39-35-31-18-16-14-12-10-8-6-4-2/h16,18,20,22,58-59,63-64H,3-15,17,19,21,23-57H2,1-2H3,(H,62,65)/b18-16-,22-20-. The summed E-state index contributed by atoms with van der Waals surface area (Å²) in [5.41, 5.74) is 0. The Morgan fingerprint density at radius 2 is 0.701 bits per heavy atom. The fourth-order valence-electron chi connectivity index (χ4n) is 9.34. The topological polar surface area (TPSA) is 95.9 Å². The second-order valence-electron chi connectivity index (χ2n) is 20.7. The molecule has 0 spiro atoms. The summed E-state index contributed by atoms with van der Waals surface area (Å²) in [4.78, 5) is 24.5. The van der Waals surface area contributed by atoms with Gasteiger partial charge in [0.05, 0.1) is 25.4 Å². The second-order valence-corrected chi connectivity index (χ2v) is 20.7. The third kappa shape index (κ3) is 53.5. The number of ether oxygens (including phenoxy) is 1. The van der Waals surface area contributed by atoms with Crippen LogP contribution in [0.4, 0.5) is 0 Å². The molecule has 0 aliphatic carbocycles. The lowest BCUT2D eigenvalue weighted by molar-refractivity contribution is -0.143. The van der Waals surface area contributed by atoms with Gasteiger partial charge in [0.1, 0.15) is 0 Å². The third-order valence-corrected chi connectivity index (χ3v) is 14.0. The first-order valence-corrected chi connectivity index (χ1v) is 30.1. The minimum atomic E-state index is -0.669. The number of nitrogens with one attached hydrogen (secondary N) is 1. The number of carbonyl (C=O) groups is 2. The van der Waals surface area contributed by atoms with Crippen LogP contribution in [0.3, 0.4) is 0 Å². The van der Waals surface area contributed by atoms with Gasteiger partial charge in [-0.05, 0) is 77.0 Å². The fourth-order valence-corrected chi connectivity index (χ4v) is 9.34. The maximum atomic E-state index is 12.5. The van der Waals surface area contributed by atoms with E-state index in [2.05, 4.69) is 43.5 Å². The van der Waals surface area contributed by atoms with Crippen LogP contribution >= 0.6 is 0 Å². The van der Waals surface area contributed by atoms with Crippen LogP contribution in [0.25, 0.3) is 0 Å². The van der Waals surface area contributed by atoms with Crippen molar-refractivity contribution in [3.8, 4) is 0 Å². The molecule has 0 aliphatic heterocycles. The first-order chi connectivity index (χ1) is 33.0. The molecule has 0 aromatic rings. The molecule has 396 valence electrons. The molecule has 0 aliphatic rings. The summed E-state index contributed by atoms with van der Waals surface area (Å²) in [7, 11) is 0. The highest BCUT2D eigenvalue weighted by Gasteiger charge is 2.20. The van der Waals surface area contributed by atoms with E-state index in [0.29, 0.717) is 25.9 Å². The van der Waals surface area contributed by atoms with Crippen LogP contribution in [0.5, 0.6) is 0 Å². The molecule has 0 rings (SSSR count). The fraction of sp³-hybridized carbons (Fsp3) is 0.902. The van der Waals surface area contributed by atoms with Crippen molar-refractivity contribution >= 4 is 11.9 Å². The van der Waals surface area contributed by atoms with E-state index in [1.165, 1.54) is 250 Å². The van der Waals surface area contributed by atoms with E-state index in [1.807, 2.05) is 0 Å². The molecule has 0 fully saturated rings. The number of hydrogen-bond acceptors (Lipinski definition) is 5. The number of aliphatic hydroxyl groups excluding tert-OH is 2. The zero-order valence-electron chi connectivity index (χ0n) is 45.1. The Bertz CT molecular complexity index is 1040. The third-order valence-electron chi connectivity index (χ3n) is 14.0. The summed E-state index contributed by atoms with van der Waals surface area (Å²) < 4.78 is 5.47. The van der Waals surface area contributed by atoms with Crippen LogP contribution in [-0.2, 0) is 14.3 Å². The summed E-state index contributed by atoms with van der Waals surface area (Å²) in [5, 5.41) is 23.3. The molecule has 0 heterocycles. The summed E-state index contributed by atoms with van der Waals surface area (Å²) in [6, 6.07) is -0.547. The van der Waals surface area contributed by atoms with E-state index < -0.39 is 12.1 Å². The number of hydrogen-bond donors (Lipinski definition) is 3. The van der Waals surface area contributed by atoms with Crippen LogP contribution in [0.1, 0.15) is 328 Å². The summed E-state index contributed by atoms with van der Waals surface area (Å²) in [5.74, 6) is -0.0414. The zero-order chi connectivity index (χ0) is 48.6. The molecule has 3 N–H and O–H groups in total. The highest BCUT2D eigenvalue weighted by atomic mass is 16.5. The molecular weight excluding hydrogens is 827 g/mol. The normalized spacial score (nSPS) is 12.7. The van der Waals surface area contributed by atoms with Crippen molar-refractivity contribution in [3.63, 3.8) is 0 Å². The van der Waals surface area contributed by atoms with Crippen LogP contribution in [-0.4, -0.2) is 47.4 Å². The highest BCUT2D eigenvalue weighted by molar-refractivity contribution is 5.76. The Hall–Kier alpha value is -1.66. The minimum absolute atomic E-state index is 0.0000635. The second kappa shape index (κ2) is 56.9. The molecular formula is C61H117NO5. The Morgan fingerprint density at radius 1 is 0.403 bits per heavy atom. The smallest absolute Gasteiger partial charge is 0.305 e. The lowest BCUT2D eigenvalue weighted by atomic mass is 10.0. The molecule has 1 amide bonds. The molecule has 6 nitrogen and oxygen atoms in total. The monoisotopic (exact) mass is 944 g/mol. The van der Waals surface area contributed by atoms with E-state index in [0.717, 1.165) is 44.9 Å². The van der Waals surface area contributed by atoms with Crippen LogP contribution in [0.15, 0.2) is 24.3 Å². The highest BCUT2D eigenvalue weighted by Crippen LogP contribution is 2.17. The van der Waals surface area contributed by atoms with Gasteiger partial charge in [-0.3, -0.25) is 9.59 Å². The Balaban J connectivity index is 3.42. The molecule has 0 bridgehead atoms. The largest absolute Gasteiger partial charge is 0.466 e. The average molecular weight is 945 g/mol. The zero-order valence-corrected chi connectivity index (χ0v) is 45.1. The van der Waals surface area contributed by atoms with Crippen molar-refractivity contribution in [2.45, 2.75) is 341 Å². The summed E-state index contributed by atoms with van der Waals surface area (Å²) in [6.07, 6.45) is 68.9. The quantitative estimate of drug-likeness (QED) is 0.0321. The van der Waals surface area contributed by atoms with Crippen molar-refractivity contribution in [2.75, 3.05) is 13.2 Å². The lowest BCUT2D eigenvalue weighted by Gasteiger charge is -2.22. The molecule has 67 heavy (non-hydrogen) atoms. The molecule has 0 saturated carbocycles. The summed E-state index contributed by atoms with van der Waals surface area (Å²) >= 11 is 0. The van der Waals surface area contributed by atoms with Crippen LogP contribution in [0.2, 0.25) is 0 Å². The molecule has 2 atom stereocenters. The number of carbonyl (C=O) groups excluding carboxylic acids is 2. The molecule has 0 radical (unpaired) electrons. The van der Waals surface area contributed by atoms with Crippen molar-refractivity contribution < 1.29 is 24.5 Å². The lowest BCUT2D eigenvalue weighted by Crippen LogP contribution is -2.45. The van der Waals surface area contributed by atoms with E-state index in [1.54, 1.807) is 0 Å². The van der Waals surface area contributed by atoms with Crippen LogP contribution in [0, 0.1) is 0 Å². The number of unbranched alkanes of at least 4 members (excludes halogenated alkanes) is 41. The van der Waals surface area contributed by atoms with Gasteiger partial charge in [-0.25, -0.2) is 0 Å². The number of aliphatic hydroxyl groups is 2. The van der Waals surface area contributed by atoms with E-state index >= 15 is 0 Å². The molecule has 0 aromatic heterocycles. The molecule has 6 heteroatoms. The van der Waals surface area contributed by atoms with Gasteiger partial charge in [-0.2, -0.15) is 0 Å². The maximum Gasteiger partial charge on any atom is 0.305 e. The Kier molecular flexibility index (Phi) is 55.5. The number of esters is 1. The Labute approximate surface area is 418 Å². The van der Waals surface area contributed by atoms with Gasteiger partial charge >= 0.3 is 5.97 Å². The molecule has 0 saturated heterocycles. The Morgan fingerprint density at radius 3 is 1.06 bits per heavy atom. The van der Waals surface area contributed by atoms with Gasteiger partial charge in [-0.15, -0.1) is 0 Å².